The van der Waals surface area contributed by atoms with Crippen LogP contribution in [0.1, 0.15) is 19.1 Å². The molecule has 0 aromatic carbocycles. The fraction of sp³-hybridized carbons (Fsp3) is 0.556. The zero-order valence-electron chi connectivity index (χ0n) is 13.7. The number of phosphoric acid groups is 3. The average molecular weight is 467 g/mol. The Balaban J connectivity index is 1.92. The molecule has 2 heterocycles. The fourth-order valence-electron chi connectivity index (χ4n) is 2.19. The Morgan fingerprint density at radius 3 is 2.43 bits per heavy atom. The molecule has 2 unspecified atom stereocenters. The smallest absolute Gasteiger partial charge is 0.352 e. The van der Waals surface area contributed by atoms with Gasteiger partial charge >= 0.3 is 29.2 Å². The summed E-state index contributed by atoms with van der Waals surface area (Å²) in [6, 6.07) is 1.30. The molecule has 160 valence electrons. The summed E-state index contributed by atoms with van der Waals surface area (Å²) in [5.41, 5.74) is 0.965. The predicted molar refractivity (Wildman–Crippen MR) is 86.9 cm³/mol. The molecule has 28 heavy (non-hydrogen) atoms. The number of nitrogens with zero attached hydrogens (tertiary/aromatic N) is 2. The molecule has 1 aromatic rings. The topological polar surface area (TPSA) is 236 Å². The lowest BCUT2D eigenvalue weighted by Crippen LogP contribution is -2.27. The Bertz CT molecular complexity index is 899. The van der Waals surface area contributed by atoms with Crippen LogP contribution in [0.5, 0.6) is 0 Å². The lowest BCUT2D eigenvalue weighted by molar-refractivity contribution is -0.0242. The van der Waals surface area contributed by atoms with Gasteiger partial charge in [0.15, 0.2) is 5.82 Å². The highest BCUT2D eigenvalue weighted by Crippen LogP contribution is 2.66. The van der Waals surface area contributed by atoms with E-state index in [2.05, 4.69) is 18.1 Å². The van der Waals surface area contributed by atoms with E-state index >= 15 is 0 Å². The van der Waals surface area contributed by atoms with Gasteiger partial charge in [-0.05, 0) is 18.9 Å². The summed E-state index contributed by atoms with van der Waals surface area (Å²) in [6.45, 7) is -0.612. The highest BCUT2D eigenvalue weighted by atomic mass is 31.3. The minimum atomic E-state index is -5.59. The zero-order chi connectivity index (χ0) is 21.2. The van der Waals surface area contributed by atoms with Gasteiger partial charge in [0.1, 0.15) is 6.23 Å². The molecule has 1 aliphatic heterocycles. The molecule has 1 aliphatic rings. The summed E-state index contributed by atoms with van der Waals surface area (Å²) >= 11 is 0. The number of nitrogens with one attached hydrogen (secondary N) is 1. The standard InChI is InChI=1S/C9H16N3O13P3/c13-9-10-7(11-14)3-4-12(9)8-2-1-6(23-8)5-22-27(18,19)25-28(20,21)24-26(15,16)17/h3-4,6,8,14H,1-2,5H2,(H,18,19)(H,20,21)(H,10,11,13)(H2,15,16,17)/t6-,8+/m1/s1. The Morgan fingerprint density at radius 2 is 1.86 bits per heavy atom. The van der Waals surface area contributed by atoms with Crippen molar-refractivity contribution in [3.63, 3.8) is 0 Å². The van der Waals surface area contributed by atoms with Gasteiger partial charge in [-0.3, -0.25) is 19.8 Å². The molecule has 0 bridgehead atoms. The van der Waals surface area contributed by atoms with E-state index in [0.717, 1.165) is 4.57 Å². The van der Waals surface area contributed by atoms with Crippen LogP contribution in [0, 0.1) is 0 Å². The van der Waals surface area contributed by atoms with Crippen LogP contribution in [-0.4, -0.2) is 47.0 Å². The summed E-state index contributed by atoms with van der Waals surface area (Å²) in [5, 5.41) is 8.69. The second kappa shape index (κ2) is 8.79. The maximum atomic E-state index is 11.8. The number of phosphoric ester groups is 1. The maximum Gasteiger partial charge on any atom is 0.490 e. The first kappa shape index (κ1) is 23.3. The van der Waals surface area contributed by atoms with Crippen molar-refractivity contribution in [3.05, 3.63) is 22.7 Å². The number of aromatic nitrogens is 2. The Kier molecular flexibility index (Phi) is 7.32. The third-order valence-electron chi connectivity index (χ3n) is 3.18. The third-order valence-corrected chi connectivity index (χ3v) is 6.98. The summed E-state index contributed by atoms with van der Waals surface area (Å²) in [4.78, 5) is 50.7. The highest BCUT2D eigenvalue weighted by molar-refractivity contribution is 7.66. The van der Waals surface area contributed by atoms with Crippen molar-refractivity contribution < 1.29 is 56.4 Å². The number of rotatable bonds is 9. The number of anilines is 1. The lowest BCUT2D eigenvalue weighted by Gasteiger charge is -2.18. The monoisotopic (exact) mass is 467 g/mol. The molecule has 6 N–H and O–H groups in total. The molecular weight excluding hydrogens is 451 g/mol. The fourth-order valence-corrected chi connectivity index (χ4v) is 5.24. The van der Waals surface area contributed by atoms with Crippen LogP contribution in [0.3, 0.4) is 0 Å². The molecule has 0 saturated carbocycles. The second-order valence-electron chi connectivity index (χ2n) is 5.29. The van der Waals surface area contributed by atoms with E-state index < -0.39 is 48.1 Å². The average Bonchev–Trinajstić information content (AvgIpc) is 2.98. The zero-order valence-corrected chi connectivity index (χ0v) is 16.4. The van der Waals surface area contributed by atoms with E-state index in [1.807, 2.05) is 0 Å². The van der Waals surface area contributed by atoms with Gasteiger partial charge < -0.3 is 24.3 Å². The summed E-state index contributed by atoms with van der Waals surface area (Å²) in [6.07, 6.45) is 0.230. The minimum absolute atomic E-state index is 0.0801. The van der Waals surface area contributed by atoms with E-state index in [1.165, 1.54) is 12.3 Å². The molecule has 4 atom stereocenters. The predicted octanol–water partition coefficient (Wildman–Crippen LogP) is 0.0653. The SMILES string of the molecule is O=c1nc(NO)ccn1[C@@H]1CC[C@H](COP(=O)(O)OP(=O)(O)OP(=O)(O)O)O1. The van der Waals surface area contributed by atoms with Gasteiger partial charge in [0.05, 0.1) is 12.7 Å². The summed E-state index contributed by atoms with van der Waals surface area (Å²) in [5.74, 6) is -0.0801. The van der Waals surface area contributed by atoms with Gasteiger partial charge in [0.25, 0.3) is 0 Å². The van der Waals surface area contributed by atoms with Crippen LogP contribution in [0.15, 0.2) is 17.1 Å². The number of hydrogen-bond acceptors (Lipinski definition) is 11. The van der Waals surface area contributed by atoms with E-state index in [9.17, 15) is 23.4 Å². The molecule has 1 aromatic heterocycles. The Morgan fingerprint density at radius 1 is 1.18 bits per heavy atom. The Labute approximate surface area is 156 Å². The van der Waals surface area contributed by atoms with E-state index in [-0.39, 0.29) is 18.7 Å². The van der Waals surface area contributed by atoms with Crippen LogP contribution >= 0.6 is 23.5 Å². The molecule has 0 aliphatic carbocycles. The largest absolute Gasteiger partial charge is 0.490 e. The van der Waals surface area contributed by atoms with E-state index in [4.69, 9.17) is 24.6 Å². The van der Waals surface area contributed by atoms with Crippen molar-refractivity contribution in [1.29, 1.82) is 0 Å². The minimum Gasteiger partial charge on any atom is -0.352 e. The van der Waals surface area contributed by atoms with Gasteiger partial charge in [-0.2, -0.15) is 13.6 Å². The lowest BCUT2D eigenvalue weighted by atomic mass is 10.2. The normalized spacial score (nSPS) is 24.5. The van der Waals surface area contributed by atoms with Gasteiger partial charge in [-0.15, -0.1) is 0 Å². The molecule has 0 radical (unpaired) electrons. The molecule has 1 fully saturated rings. The van der Waals surface area contributed by atoms with Crippen LogP contribution in [0.2, 0.25) is 0 Å². The van der Waals surface area contributed by atoms with Crippen molar-refractivity contribution >= 4 is 29.3 Å². The first-order valence-corrected chi connectivity index (χ1v) is 11.8. The second-order valence-corrected chi connectivity index (χ2v) is 9.71. The molecule has 16 nitrogen and oxygen atoms in total. The maximum absolute atomic E-state index is 11.8. The molecule has 0 spiro atoms. The van der Waals surface area contributed by atoms with Gasteiger partial charge in [0, 0.05) is 6.20 Å². The molecule has 0 amide bonds. The number of ether oxygens (including phenoxy) is 1. The first-order valence-electron chi connectivity index (χ1n) is 7.23. The summed E-state index contributed by atoms with van der Waals surface area (Å²) in [7, 11) is -16.3. The molecule has 2 rings (SSSR count). The van der Waals surface area contributed by atoms with Crippen LogP contribution in [0.4, 0.5) is 5.82 Å². The van der Waals surface area contributed by atoms with Crippen molar-refractivity contribution in [1.82, 2.24) is 9.55 Å². The van der Waals surface area contributed by atoms with Gasteiger partial charge in [-0.25, -0.2) is 18.5 Å². The van der Waals surface area contributed by atoms with Crippen LogP contribution < -0.4 is 11.2 Å². The van der Waals surface area contributed by atoms with Crippen LogP contribution in [-0.2, 0) is 31.6 Å². The molecule has 1 saturated heterocycles. The highest BCUT2D eigenvalue weighted by Gasteiger charge is 2.41. The van der Waals surface area contributed by atoms with Gasteiger partial charge in [0.2, 0.25) is 0 Å². The van der Waals surface area contributed by atoms with Crippen LogP contribution in [0.25, 0.3) is 0 Å². The van der Waals surface area contributed by atoms with Gasteiger partial charge in [-0.1, -0.05) is 0 Å². The Hall–Kier alpha value is -0.990. The van der Waals surface area contributed by atoms with E-state index in [0.29, 0.717) is 0 Å². The number of hydrogen-bond donors (Lipinski definition) is 6. The molecule has 19 heteroatoms. The molecular formula is C9H16N3O13P3. The van der Waals surface area contributed by atoms with Crippen molar-refractivity contribution in [2.75, 3.05) is 12.1 Å². The van der Waals surface area contributed by atoms with Crippen molar-refractivity contribution in [3.8, 4) is 0 Å². The third kappa shape index (κ3) is 7.12. The summed E-state index contributed by atoms with van der Waals surface area (Å²) < 4.78 is 51.6. The van der Waals surface area contributed by atoms with Crippen molar-refractivity contribution in [2.24, 2.45) is 0 Å². The van der Waals surface area contributed by atoms with E-state index in [1.54, 1.807) is 5.48 Å². The van der Waals surface area contributed by atoms with Crippen molar-refractivity contribution in [2.45, 2.75) is 25.2 Å². The quantitative estimate of drug-likeness (QED) is 0.208. The first-order chi connectivity index (χ1) is 12.8.